The minimum Gasteiger partial charge on any atom is -0.329 e. The molecule has 2 aromatic rings. The van der Waals surface area contributed by atoms with E-state index in [2.05, 4.69) is 36.1 Å². The number of fused-ring (bicyclic) bond motifs is 1. The van der Waals surface area contributed by atoms with Crippen molar-refractivity contribution in [3.63, 3.8) is 0 Å². The third kappa shape index (κ3) is 2.93. The van der Waals surface area contributed by atoms with Crippen LogP contribution in [-0.4, -0.2) is 37.9 Å². The van der Waals surface area contributed by atoms with E-state index in [1.807, 2.05) is 16.7 Å². The van der Waals surface area contributed by atoms with Gasteiger partial charge in [-0.25, -0.2) is 14.8 Å². The third-order valence-electron chi connectivity index (χ3n) is 3.71. The van der Waals surface area contributed by atoms with Crippen LogP contribution in [0.3, 0.4) is 0 Å². The van der Waals surface area contributed by atoms with E-state index in [0.717, 1.165) is 11.1 Å². The summed E-state index contributed by atoms with van der Waals surface area (Å²) in [5, 5.41) is 12.3. The largest absolute Gasteiger partial charge is 0.329 e. The second kappa shape index (κ2) is 5.60. The van der Waals surface area contributed by atoms with Crippen LogP contribution in [0.5, 0.6) is 0 Å². The van der Waals surface area contributed by atoms with Gasteiger partial charge in [0.1, 0.15) is 11.7 Å². The van der Waals surface area contributed by atoms with Gasteiger partial charge in [-0.15, -0.1) is 0 Å². The lowest BCUT2D eigenvalue weighted by molar-refractivity contribution is -0.125. The summed E-state index contributed by atoms with van der Waals surface area (Å²) < 4.78 is 1.96. The topological polar surface area (TPSA) is 104 Å². The van der Waals surface area contributed by atoms with Gasteiger partial charge in [0.05, 0.1) is 13.1 Å². The maximum absolute atomic E-state index is 11.9. The average Bonchev–Trinajstić information content (AvgIpc) is 3.00. The first-order chi connectivity index (χ1) is 11.3. The molecule has 124 valence electrons. The maximum Gasteiger partial charge on any atom is 0.324 e. The first-order valence-corrected chi connectivity index (χ1v) is 7.62. The monoisotopic (exact) mass is 326 g/mol. The molecule has 1 aliphatic heterocycles. The Hall–Kier alpha value is -2.95. The Labute approximate surface area is 139 Å². The second-order valence-corrected chi connectivity index (χ2v) is 7.01. The molecule has 0 saturated carbocycles. The summed E-state index contributed by atoms with van der Waals surface area (Å²) in [5.74, 6) is -0.159. The summed E-state index contributed by atoms with van der Waals surface area (Å²) in [6.07, 6.45) is 1.59. The van der Waals surface area contributed by atoms with Gasteiger partial charge in [0.2, 0.25) is 11.7 Å². The highest BCUT2D eigenvalue weighted by molar-refractivity contribution is 6.01. The van der Waals surface area contributed by atoms with Crippen molar-refractivity contribution in [2.24, 2.45) is 5.41 Å². The lowest BCUT2D eigenvalue weighted by atomic mass is 9.97. The molecule has 0 aromatic carbocycles. The minimum absolute atomic E-state index is 0.0245. The van der Waals surface area contributed by atoms with Crippen molar-refractivity contribution in [1.82, 2.24) is 24.8 Å². The number of amides is 3. The fourth-order valence-corrected chi connectivity index (χ4v) is 2.71. The number of carbonyl (C=O) groups is 2. The highest BCUT2D eigenvalue weighted by atomic mass is 16.2. The van der Waals surface area contributed by atoms with Gasteiger partial charge in [0.15, 0.2) is 0 Å². The van der Waals surface area contributed by atoms with E-state index in [4.69, 9.17) is 5.26 Å². The first kappa shape index (κ1) is 15.9. The van der Waals surface area contributed by atoms with Gasteiger partial charge in [0, 0.05) is 23.8 Å². The van der Waals surface area contributed by atoms with Gasteiger partial charge in [-0.05, 0) is 11.5 Å². The van der Waals surface area contributed by atoms with E-state index >= 15 is 0 Å². The zero-order valence-corrected chi connectivity index (χ0v) is 13.8. The number of rotatable bonds is 3. The summed E-state index contributed by atoms with van der Waals surface area (Å²) in [6.45, 7) is 7.08. The zero-order chi connectivity index (χ0) is 17.5. The van der Waals surface area contributed by atoms with Gasteiger partial charge >= 0.3 is 6.03 Å². The Bertz CT molecular complexity index is 855. The molecule has 3 rings (SSSR count). The van der Waals surface area contributed by atoms with Crippen molar-refractivity contribution >= 4 is 23.0 Å². The Balaban J connectivity index is 2.08. The fourth-order valence-electron chi connectivity index (χ4n) is 2.71. The van der Waals surface area contributed by atoms with Gasteiger partial charge in [-0.3, -0.25) is 9.69 Å². The number of urea groups is 1. The second-order valence-electron chi connectivity index (χ2n) is 7.01. The molecule has 3 heterocycles. The van der Waals surface area contributed by atoms with Gasteiger partial charge in [-0.1, -0.05) is 20.8 Å². The lowest BCUT2D eigenvalue weighted by Crippen LogP contribution is -2.31. The number of nitrogens with zero attached hydrogens (tertiary/aromatic N) is 5. The molecule has 0 aliphatic carbocycles. The summed E-state index contributed by atoms with van der Waals surface area (Å²) >= 11 is 0. The fraction of sp³-hybridized carbons (Fsp3) is 0.438. The van der Waals surface area contributed by atoms with Gasteiger partial charge in [-0.2, -0.15) is 5.26 Å². The molecule has 1 fully saturated rings. The number of nitriles is 1. The number of nitrogens with one attached hydrogen (secondary N) is 1. The molecule has 2 aromatic heterocycles. The molecule has 0 radical (unpaired) electrons. The van der Waals surface area contributed by atoms with E-state index in [1.165, 1.54) is 4.90 Å². The minimum atomic E-state index is -0.392. The van der Waals surface area contributed by atoms with Crippen LogP contribution in [-0.2, 0) is 17.9 Å². The predicted molar refractivity (Wildman–Crippen MR) is 85.6 cm³/mol. The Kier molecular flexibility index (Phi) is 3.72. The average molecular weight is 326 g/mol. The van der Waals surface area contributed by atoms with Crippen LogP contribution in [0.15, 0.2) is 12.3 Å². The molecule has 0 spiro atoms. The first-order valence-electron chi connectivity index (χ1n) is 7.62. The van der Waals surface area contributed by atoms with Crippen molar-refractivity contribution in [2.45, 2.75) is 33.9 Å². The molecule has 0 unspecified atom stereocenters. The van der Waals surface area contributed by atoms with Crippen molar-refractivity contribution < 1.29 is 9.59 Å². The standard InChI is InChI=1S/C16H18N6O2/c1-16(2,3)9-22-11(8-21-13(23)7-19-15(21)24)4-10-6-18-12(5-17)20-14(10)22/h4,6H,7-9H2,1-3H3,(H,19,24). The van der Waals surface area contributed by atoms with Crippen molar-refractivity contribution in [3.05, 3.63) is 23.8 Å². The normalized spacial score (nSPS) is 15.0. The summed E-state index contributed by atoms with van der Waals surface area (Å²) in [5.41, 5.74) is 1.38. The van der Waals surface area contributed by atoms with Crippen LogP contribution in [0.4, 0.5) is 4.79 Å². The predicted octanol–water partition coefficient (Wildman–Crippen LogP) is 1.40. The number of aromatic nitrogens is 3. The molecular weight excluding hydrogens is 308 g/mol. The quantitative estimate of drug-likeness (QED) is 0.859. The van der Waals surface area contributed by atoms with Crippen LogP contribution in [0.2, 0.25) is 0 Å². The molecule has 0 bridgehead atoms. The Morgan fingerprint density at radius 3 is 2.71 bits per heavy atom. The van der Waals surface area contributed by atoms with E-state index in [-0.39, 0.29) is 30.2 Å². The molecule has 1 aliphatic rings. The van der Waals surface area contributed by atoms with Crippen LogP contribution in [0.25, 0.3) is 11.0 Å². The summed E-state index contributed by atoms with van der Waals surface area (Å²) in [6, 6.07) is 3.41. The van der Waals surface area contributed by atoms with Crippen LogP contribution >= 0.6 is 0 Å². The SMILES string of the molecule is CC(C)(C)Cn1c(CN2C(=O)CNC2=O)cc2cnc(C#N)nc21. The molecule has 3 amide bonds. The van der Waals surface area contributed by atoms with Crippen molar-refractivity contribution in [3.8, 4) is 6.07 Å². The van der Waals surface area contributed by atoms with Crippen molar-refractivity contribution in [1.29, 1.82) is 5.26 Å². The number of hydrogen-bond acceptors (Lipinski definition) is 5. The van der Waals surface area contributed by atoms with Gasteiger partial charge < -0.3 is 9.88 Å². The lowest BCUT2D eigenvalue weighted by Gasteiger charge is -2.23. The molecule has 24 heavy (non-hydrogen) atoms. The molecule has 1 N–H and O–H groups in total. The smallest absolute Gasteiger partial charge is 0.324 e. The number of hydrogen-bond donors (Lipinski definition) is 1. The van der Waals surface area contributed by atoms with E-state index in [0.29, 0.717) is 12.2 Å². The molecule has 1 saturated heterocycles. The van der Waals surface area contributed by atoms with Crippen LogP contribution < -0.4 is 5.32 Å². The van der Waals surface area contributed by atoms with Gasteiger partial charge in [0.25, 0.3) is 0 Å². The summed E-state index contributed by atoms with van der Waals surface area (Å²) in [7, 11) is 0. The molecule has 8 heteroatoms. The number of carbonyl (C=O) groups excluding carboxylic acids is 2. The van der Waals surface area contributed by atoms with Crippen LogP contribution in [0.1, 0.15) is 32.3 Å². The highest BCUT2D eigenvalue weighted by Gasteiger charge is 2.30. The van der Waals surface area contributed by atoms with E-state index < -0.39 is 6.03 Å². The molecular formula is C16H18N6O2. The highest BCUT2D eigenvalue weighted by Crippen LogP contribution is 2.25. The number of imide groups is 1. The maximum atomic E-state index is 11.9. The summed E-state index contributed by atoms with van der Waals surface area (Å²) in [4.78, 5) is 33.2. The van der Waals surface area contributed by atoms with E-state index in [1.54, 1.807) is 6.20 Å². The Morgan fingerprint density at radius 1 is 1.38 bits per heavy atom. The van der Waals surface area contributed by atoms with Crippen molar-refractivity contribution in [2.75, 3.05) is 6.54 Å². The zero-order valence-electron chi connectivity index (χ0n) is 13.8. The van der Waals surface area contributed by atoms with E-state index in [9.17, 15) is 9.59 Å². The molecule has 0 atom stereocenters. The third-order valence-corrected chi connectivity index (χ3v) is 3.71. The van der Waals surface area contributed by atoms with Crippen LogP contribution in [0, 0.1) is 16.7 Å². The molecule has 8 nitrogen and oxygen atoms in total. The Morgan fingerprint density at radius 2 is 2.12 bits per heavy atom.